The van der Waals surface area contributed by atoms with Crippen molar-refractivity contribution in [3.63, 3.8) is 0 Å². The number of amidine groups is 1. The van der Waals surface area contributed by atoms with E-state index in [4.69, 9.17) is 16.9 Å². The summed E-state index contributed by atoms with van der Waals surface area (Å²) in [5, 5.41) is 34.3. The van der Waals surface area contributed by atoms with Crippen molar-refractivity contribution >= 4 is 41.3 Å². The van der Waals surface area contributed by atoms with Gasteiger partial charge in [0.15, 0.2) is 0 Å². The van der Waals surface area contributed by atoms with Crippen LogP contribution in [0.1, 0.15) is 26.7 Å². The van der Waals surface area contributed by atoms with Gasteiger partial charge in [-0.1, -0.05) is 6.92 Å². The first-order valence-corrected chi connectivity index (χ1v) is 14.4. The second-order valence-corrected chi connectivity index (χ2v) is 12.6. The maximum atomic E-state index is 13.2. The fourth-order valence-corrected chi connectivity index (χ4v) is 7.92. The number of likely N-dealkylation sites (tertiary alicyclic amines) is 1. The minimum absolute atomic E-state index is 0.0201. The summed E-state index contributed by atoms with van der Waals surface area (Å²) >= 11 is 1.40. The van der Waals surface area contributed by atoms with Gasteiger partial charge in [0.2, 0.25) is 17.7 Å². The zero-order chi connectivity index (χ0) is 29.6. The van der Waals surface area contributed by atoms with E-state index >= 15 is 0 Å². The molecule has 0 aliphatic carbocycles. The van der Waals surface area contributed by atoms with Crippen LogP contribution in [0, 0.1) is 23.2 Å². The number of carbonyl (C=O) groups is 4. The predicted molar refractivity (Wildman–Crippen MR) is 146 cm³/mol. The van der Waals surface area contributed by atoms with Crippen LogP contribution in [0.25, 0.3) is 0 Å². The summed E-state index contributed by atoms with van der Waals surface area (Å²) in [6.45, 7) is 4.90. The Bertz CT molecular complexity index is 1270. The normalized spacial score (nSPS) is 31.7. The van der Waals surface area contributed by atoms with Gasteiger partial charge in [-0.3, -0.25) is 19.8 Å². The lowest BCUT2D eigenvalue weighted by atomic mass is 9.78. The largest absolute Gasteiger partial charge is 0.477 e. The van der Waals surface area contributed by atoms with Gasteiger partial charge in [0.1, 0.15) is 18.6 Å². The van der Waals surface area contributed by atoms with Crippen molar-refractivity contribution in [2.45, 2.75) is 62.7 Å². The summed E-state index contributed by atoms with van der Waals surface area (Å²) in [5.41, 5.74) is 11.7. The molecule has 0 spiro atoms. The highest BCUT2D eigenvalue weighted by atomic mass is 32.2. The zero-order valence-electron chi connectivity index (χ0n) is 22.8. The third kappa shape index (κ3) is 5.52. The van der Waals surface area contributed by atoms with Crippen LogP contribution in [0.15, 0.2) is 16.9 Å². The number of fused-ring (bicyclic) bond motifs is 1. The SMILES string of the molecule is C[C@@H](NC(=O)Cn1cnnn1)[C@H]1C(=O)N2C(C(=O)O)=C(S[C@@H]3CN[C@H](C(=O)N4CC(CC(=N)N)[C@@H](N)C4)C3)[C@H](C)[C@H]12. The third-order valence-electron chi connectivity index (χ3n) is 8.38. The Morgan fingerprint density at radius 1 is 1.34 bits per heavy atom. The number of aliphatic carboxylic acids is 1. The van der Waals surface area contributed by atoms with E-state index in [0.717, 1.165) is 0 Å². The van der Waals surface area contributed by atoms with E-state index in [0.29, 0.717) is 37.4 Å². The fraction of sp³-hybridized carbons (Fsp3) is 0.667. The molecule has 41 heavy (non-hydrogen) atoms. The summed E-state index contributed by atoms with van der Waals surface area (Å²) in [7, 11) is 0. The number of thioether (sulfide) groups is 1. The smallest absolute Gasteiger partial charge is 0.353 e. The highest BCUT2D eigenvalue weighted by Crippen LogP contribution is 2.51. The summed E-state index contributed by atoms with van der Waals surface area (Å²) in [5.74, 6) is -2.77. The Kier molecular flexibility index (Phi) is 8.02. The van der Waals surface area contributed by atoms with Gasteiger partial charge in [0, 0.05) is 60.1 Å². The molecule has 4 aliphatic heterocycles. The van der Waals surface area contributed by atoms with E-state index < -0.39 is 30.0 Å². The average molecular weight is 590 g/mol. The molecule has 3 amide bonds. The molecule has 8 atom stereocenters. The third-order valence-corrected chi connectivity index (χ3v) is 9.89. The molecule has 1 unspecified atom stereocenters. The van der Waals surface area contributed by atoms with Crippen molar-refractivity contribution in [1.82, 2.24) is 40.6 Å². The van der Waals surface area contributed by atoms with Crippen molar-refractivity contribution in [3.05, 3.63) is 16.9 Å². The van der Waals surface area contributed by atoms with Crippen molar-refractivity contribution in [2.24, 2.45) is 29.2 Å². The number of nitrogens with one attached hydrogen (secondary N) is 3. The molecule has 4 aliphatic rings. The number of carboxylic acids is 1. The van der Waals surface area contributed by atoms with Crippen LogP contribution in [0.3, 0.4) is 0 Å². The van der Waals surface area contributed by atoms with Gasteiger partial charge in [0.05, 0.1) is 23.8 Å². The van der Waals surface area contributed by atoms with Gasteiger partial charge < -0.3 is 37.0 Å². The zero-order valence-corrected chi connectivity index (χ0v) is 23.6. The molecule has 222 valence electrons. The monoisotopic (exact) mass is 589 g/mol. The molecule has 17 heteroatoms. The number of hydrogen-bond acceptors (Lipinski definition) is 11. The molecule has 1 aromatic heterocycles. The summed E-state index contributed by atoms with van der Waals surface area (Å²) < 4.78 is 1.27. The minimum Gasteiger partial charge on any atom is -0.477 e. The Morgan fingerprint density at radius 2 is 2.10 bits per heavy atom. The van der Waals surface area contributed by atoms with Crippen LogP contribution in [-0.4, -0.2) is 114 Å². The van der Waals surface area contributed by atoms with Gasteiger partial charge in [-0.15, -0.1) is 16.9 Å². The van der Waals surface area contributed by atoms with Gasteiger partial charge in [-0.25, -0.2) is 9.48 Å². The van der Waals surface area contributed by atoms with Crippen LogP contribution in [0.4, 0.5) is 0 Å². The number of nitrogens with two attached hydrogens (primary N) is 2. The highest BCUT2D eigenvalue weighted by Gasteiger charge is 2.60. The van der Waals surface area contributed by atoms with Crippen molar-refractivity contribution < 1.29 is 24.3 Å². The number of aromatic nitrogens is 4. The molecule has 3 saturated heterocycles. The van der Waals surface area contributed by atoms with Crippen LogP contribution in [0.5, 0.6) is 0 Å². The predicted octanol–water partition coefficient (Wildman–Crippen LogP) is -2.47. The Balaban J connectivity index is 1.21. The van der Waals surface area contributed by atoms with Crippen molar-refractivity contribution in [1.29, 1.82) is 5.41 Å². The average Bonchev–Trinajstić information content (AvgIpc) is 3.68. The molecule has 8 N–H and O–H groups in total. The summed E-state index contributed by atoms with van der Waals surface area (Å²) in [6.07, 6.45) is 2.17. The van der Waals surface area contributed by atoms with Crippen LogP contribution < -0.4 is 22.1 Å². The van der Waals surface area contributed by atoms with E-state index in [9.17, 15) is 24.3 Å². The molecular formula is C24H35N11O5S. The molecule has 3 fully saturated rings. The molecule has 0 bridgehead atoms. The molecule has 5 rings (SSSR count). The second kappa shape index (κ2) is 11.4. The summed E-state index contributed by atoms with van der Waals surface area (Å²) in [4.78, 5) is 54.8. The van der Waals surface area contributed by atoms with Crippen LogP contribution >= 0.6 is 11.8 Å². The number of amides is 3. The van der Waals surface area contributed by atoms with Gasteiger partial charge in [-0.2, -0.15) is 0 Å². The van der Waals surface area contributed by atoms with Crippen LogP contribution in [0.2, 0.25) is 0 Å². The maximum absolute atomic E-state index is 13.2. The maximum Gasteiger partial charge on any atom is 0.353 e. The number of carboxylic acid groups (broad SMARTS) is 1. The Hall–Kier alpha value is -3.57. The molecule has 0 saturated carbocycles. The molecule has 16 nitrogen and oxygen atoms in total. The lowest BCUT2D eigenvalue weighted by Gasteiger charge is -2.47. The van der Waals surface area contributed by atoms with Crippen molar-refractivity contribution in [3.8, 4) is 0 Å². The Morgan fingerprint density at radius 3 is 2.76 bits per heavy atom. The first kappa shape index (κ1) is 28.9. The fourth-order valence-electron chi connectivity index (χ4n) is 6.44. The van der Waals surface area contributed by atoms with Gasteiger partial charge >= 0.3 is 5.97 Å². The lowest BCUT2D eigenvalue weighted by Crippen LogP contribution is -2.66. The minimum atomic E-state index is -1.18. The first-order chi connectivity index (χ1) is 19.5. The number of β-lactam (4-membered cyclic amide) rings is 1. The quantitative estimate of drug-likeness (QED) is 0.0945. The van der Waals surface area contributed by atoms with E-state index in [1.807, 2.05) is 6.92 Å². The number of hydrogen-bond donors (Lipinski definition) is 6. The van der Waals surface area contributed by atoms with E-state index in [-0.39, 0.29) is 58.9 Å². The molecule has 5 heterocycles. The van der Waals surface area contributed by atoms with Gasteiger partial charge in [-0.05, 0) is 23.8 Å². The number of rotatable bonds is 10. The second-order valence-electron chi connectivity index (χ2n) is 11.2. The molecular weight excluding hydrogens is 554 g/mol. The first-order valence-electron chi connectivity index (χ1n) is 13.5. The molecule has 1 aromatic rings. The highest BCUT2D eigenvalue weighted by molar-refractivity contribution is 8.03. The molecule has 0 aromatic carbocycles. The van der Waals surface area contributed by atoms with Crippen molar-refractivity contribution in [2.75, 3.05) is 19.6 Å². The standard InChI is InChI=1S/C24H35N11O5S/c1-10-19-18(11(2)30-17(36)8-34-9-29-31-32-34)23(38)35(19)20(24(39)40)21(10)41-13-4-15(28-5-13)22(37)33-6-12(3-16(26)27)14(25)7-33/h9-15,18-19,28H,3-8,25H2,1-2H3,(H3,26,27)(H,30,36)(H,39,40)/t10-,11-,12?,13+,14+,15+,18-,19-/m1/s1. The Labute approximate surface area is 240 Å². The molecule has 0 radical (unpaired) electrons. The number of carbonyl (C=O) groups excluding carboxylic acids is 3. The number of tetrazole rings is 1. The number of nitrogens with zero attached hydrogens (tertiary/aromatic N) is 6. The van der Waals surface area contributed by atoms with Gasteiger partial charge in [0.25, 0.3) is 0 Å². The van der Waals surface area contributed by atoms with E-state index in [2.05, 4.69) is 26.2 Å². The van der Waals surface area contributed by atoms with E-state index in [1.165, 1.54) is 27.7 Å². The van der Waals surface area contributed by atoms with E-state index in [1.54, 1.807) is 11.8 Å². The topological polar surface area (TPSA) is 239 Å². The van der Waals surface area contributed by atoms with Crippen LogP contribution in [-0.2, 0) is 25.7 Å². The summed E-state index contributed by atoms with van der Waals surface area (Å²) in [6, 6.07) is -1.58. The lowest BCUT2D eigenvalue weighted by molar-refractivity contribution is -0.158.